The zero-order valence-corrected chi connectivity index (χ0v) is 15.5. The molecule has 1 aromatic heterocycles. The molecule has 0 aliphatic rings. The third-order valence-electron chi connectivity index (χ3n) is 4.08. The lowest BCUT2D eigenvalue weighted by atomic mass is 10.1. The Morgan fingerprint density at radius 1 is 1.00 bits per heavy atom. The van der Waals surface area contributed by atoms with Crippen molar-refractivity contribution in [1.82, 2.24) is 0 Å². The number of rotatable bonds is 5. The number of halogens is 4. The minimum absolute atomic E-state index is 0.218. The molecule has 0 spiro atoms. The first-order valence-corrected chi connectivity index (χ1v) is 8.69. The van der Waals surface area contributed by atoms with Crippen LogP contribution in [0.5, 0.6) is 0 Å². The van der Waals surface area contributed by atoms with Crippen LogP contribution < -0.4 is 5.32 Å². The van der Waals surface area contributed by atoms with Gasteiger partial charge >= 0.3 is 12.1 Å². The Kier molecular flexibility index (Phi) is 5.91. The summed E-state index contributed by atoms with van der Waals surface area (Å²) in [5, 5.41) is 2.11. The van der Waals surface area contributed by atoms with Crippen LogP contribution in [0, 0.1) is 5.82 Å². The van der Waals surface area contributed by atoms with E-state index in [2.05, 4.69) is 5.32 Å². The fourth-order valence-corrected chi connectivity index (χ4v) is 2.56. The lowest BCUT2D eigenvalue weighted by Gasteiger charge is -2.16. The van der Waals surface area contributed by atoms with Crippen molar-refractivity contribution in [3.8, 4) is 11.3 Å². The molecule has 1 N–H and O–H groups in total. The summed E-state index contributed by atoms with van der Waals surface area (Å²) in [6.07, 6.45) is -6.05. The summed E-state index contributed by atoms with van der Waals surface area (Å²) in [6.45, 7) is 1.22. The average molecular weight is 421 g/mol. The highest BCUT2D eigenvalue weighted by atomic mass is 19.4. The van der Waals surface area contributed by atoms with Crippen LogP contribution >= 0.6 is 0 Å². The number of esters is 1. The molecule has 0 bridgehead atoms. The lowest BCUT2D eigenvalue weighted by molar-refractivity contribution is -0.137. The van der Waals surface area contributed by atoms with Crippen molar-refractivity contribution in [2.24, 2.45) is 0 Å². The van der Waals surface area contributed by atoms with Gasteiger partial charge in [0.25, 0.3) is 5.91 Å². The van der Waals surface area contributed by atoms with Gasteiger partial charge in [-0.05, 0) is 55.5 Å². The predicted molar refractivity (Wildman–Crippen MR) is 99.1 cm³/mol. The molecule has 2 aromatic carbocycles. The summed E-state index contributed by atoms with van der Waals surface area (Å²) in [6, 6.07) is 12.6. The molecule has 0 saturated carbocycles. The Hall–Kier alpha value is -3.62. The van der Waals surface area contributed by atoms with Gasteiger partial charge in [0.1, 0.15) is 11.6 Å². The van der Waals surface area contributed by atoms with Crippen LogP contribution in [0.25, 0.3) is 11.3 Å². The molecular weight excluding hydrogens is 406 g/mol. The molecule has 0 aliphatic heterocycles. The number of nitrogens with one attached hydrogen (secondary N) is 1. The molecule has 0 radical (unpaired) electrons. The quantitative estimate of drug-likeness (QED) is 0.449. The van der Waals surface area contributed by atoms with E-state index in [4.69, 9.17) is 9.15 Å². The molecule has 1 heterocycles. The van der Waals surface area contributed by atoms with Crippen molar-refractivity contribution in [3.63, 3.8) is 0 Å². The second kappa shape index (κ2) is 8.40. The number of anilines is 1. The van der Waals surface area contributed by atoms with Crippen molar-refractivity contribution in [2.45, 2.75) is 19.2 Å². The van der Waals surface area contributed by atoms with E-state index in [-0.39, 0.29) is 11.5 Å². The predicted octanol–water partition coefficient (Wildman–Crippen LogP) is 5.29. The molecule has 0 saturated heterocycles. The molecule has 3 rings (SSSR count). The second-order valence-electron chi connectivity index (χ2n) is 6.25. The smallest absolute Gasteiger partial charge is 0.418 e. The van der Waals surface area contributed by atoms with E-state index in [9.17, 15) is 27.2 Å². The van der Waals surface area contributed by atoms with Crippen molar-refractivity contribution in [3.05, 3.63) is 77.8 Å². The molecule has 3 aromatic rings. The summed E-state index contributed by atoms with van der Waals surface area (Å²) >= 11 is 0. The van der Waals surface area contributed by atoms with Gasteiger partial charge in [-0.2, -0.15) is 13.2 Å². The minimum Gasteiger partial charge on any atom is -0.449 e. The highest BCUT2D eigenvalue weighted by Crippen LogP contribution is 2.34. The van der Waals surface area contributed by atoms with Gasteiger partial charge in [0.05, 0.1) is 11.3 Å². The number of alkyl halides is 3. The molecule has 156 valence electrons. The summed E-state index contributed by atoms with van der Waals surface area (Å²) in [4.78, 5) is 24.4. The minimum atomic E-state index is -4.66. The van der Waals surface area contributed by atoms with Gasteiger partial charge in [0, 0.05) is 5.56 Å². The number of para-hydroxylation sites is 1. The number of carbonyl (C=O) groups excluding carboxylic acids is 2. The largest absolute Gasteiger partial charge is 0.449 e. The number of carbonyl (C=O) groups is 2. The maximum absolute atomic E-state index is 13.0. The van der Waals surface area contributed by atoms with Gasteiger partial charge in [-0.3, -0.25) is 4.79 Å². The molecule has 1 unspecified atom stereocenters. The van der Waals surface area contributed by atoms with Crippen LogP contribution in [0.1, 0.15) is 23.0 Å². The van der Waals surface area contributed by atoms with Crippen LogP contribution in [0.15, 0.2) is 65.1 Å². The standard InChI is InChI=1S/C21H15F4NO4/c1-12(19(27)26-16-5-3-2-4-15(16)21(23,24)25)29-20(28)18-11-10-17(30-18)13-6-8-14(22)9-7-13/h2-12H,1H3,(H,26,27). The number of benzene rings is 2. The van der Waals surface area contributed by atoms with Crippen LogP contribution in [0.4, 0.5) is 23.2 Å². The molecule has 9 heteroatoms. The van der Waals surface area contributed by atoms with E-state index in [1.165, 1.54) is 55.5 Å². The second-order valence-corrected chi connectivity index (χ2v) is 6.25. The van der Waals surface area contributed by atoms with Crippen molar-refractivity contribution < 1.29 is 36.3 Å². The van der Waals surface area contributed by atoms with E-state index in [1.54, 1.807) is 0 Å². The molecular formula is C21H15F4NO4. The van der Waals surface area contributed by atoms with E-state index < -0.39 is 41.2 Å². The Morgan fingerprint density at radius 2 is 1.67 bits per heavy atom. The van der Waals surface area contributed by atoms with Gasteiger partial charge in [0.2, 0.25) is 5.76 Å². The zero-order chi connectivity index (χ0) is 21.9. The topological polar surface area (TPSA) is 68.5 Å². The Bertz CT molecular complexity index is 1060. The van der Waals surface area contributed by atoms with Crippen molar-refractivity contribution in [1.29, 1.82) is 0 Å². The van der Waals surface area contributed by atoms with Gasteiger partial charge in [-0.1, -0.05) is 12.1 Å². The normalized spacial score (nSPS) is 12.3. The summed E-state index contributed by atoms with van der Waals surface area (Å²) in [5.74, 6) is -2.29. The SMILES string of the molecule is CC(OC(=O)c1ccc(-c2ccc(F)cc2)o1)C(=O)Nc1ccccc1C(F)(F)F. The van der Waals surface area contributed by atoms with Crippen LogP contribution in [-0.4, -0.2) is 18.0 Å². The summed E-state index contributed by atoms with van der Waals surface area (Å²) < 4.78 is 62.4. The van der Waals surface area contributed by atoms with Crippen LogP contribution in [0.2, 0.25) is 0 Å². The van der Waals surface area contributed by atoms with Gasteiger partial charge < -0.3 is 14.5 Å². The number of amides is 1. The average Bonchev–Trinajstić information content (AvgIpc) is 3.18. The van der Waals surface area contributed by atoms with Gasteiger partial charge in [0.15, 0.2) is 6.10 Å². The Balaban J connectivity index is 1.66. The molecule has 5 nitrogen and oxygen atoms in total. The van der Waals surface area contributed by atoms with E-state index in [0.717, 1.165) is 12.1 Å². The zero-order valence-electron chi connectivity index (χ0n) is 15.5. The number of ether oxygens (including phenoxy) is 1. The number of hydrogen-bond acceptors (Lipinski definition) is 4. The van der Waals surface area contributed by atoms with Crippen molar-refractivity contribution in [2.75, 3.05) is 5.32 Å². The molecule has 1 atom stereocenters. The maximum atomic E-state index is 13.0. The Morgan fingerprint density at radius 3 is 2.33 bits per heavy atom. The van der Waals surface area contributed by atoms with E-state index in [0.29, 0.717) is 5.56 Å². The third kappa shape index (κ3) is 4.86. The lowest BCUT2D eigenvalue weighted by Crippen LogP contribution is -2.30. The summed E-state index contributed by atoms with van der Waals surface area (Å²) in [5.41, 5.74) is -0.952. The third-order valence-corrected chi connectivity index (χ3v) is 4.08. The first kappa shape index (κ1) is 21.1. The monoisotopic (exact) mass is 421 g/mol. The molecule has 0 fully saturated rings. The molecule has 0 aliphatic carbocycles. The Labute approximate surface area is 168 Å². The first-order valence-electron chi connectivity index (χ1n) is 8.69. The highest BCUT2D eigenvalue weighted by Gasteiger charge is 2.34. The van der Waals surface area contributed by atoms with E-state index in [1.807, 2.05) is 0 Å². The highest BCUT2D eigenvalue weighted by molar-refractivity contribution is 5.97. The number of furan rings is 1. The van der Waals surface area contributed by atoms with E-state index >= 15 is 0 Å². The van der Waals surface area contributed by atoms with Crippen molar-refractivity contribution >= 4 is 17.6 Å². The molecule has 30 heavy (non-hydrogen) atoms. The van der Waals surface area contributed by atoms with Gasteiger partial charge in [-0.15, -0.1) is 0 Å². The van der Waals surface area contributed by atoms with Gasteiger partial charge in [-0.25, -0.2) is 9.18 Å². The molecule has 1 amide bonds. The fraction of sp³-hybridized carbons (Fsp3) is 0.143. The first-order chi connectivity index (χ1) is 14.1. The summed E-state index contributed by atoms with van der Waals surface area (Å²) in [7, 11) is 0. The number of hydrogen-bond donors (Lipinski definition) is 1. The van der Waals surface area contributed by atoms with Crippen LogP contribution in [-0.2, 0) is 15.7 Å². The van der Waals surface area contributed by atoms with Crippen LogP contribution in [0.3, 0.4) is 0 Å². The fourth-order valence-electron chi connectivity index (χ4n) is 2.56. The maximum Gasteiger partial charge on any atom is 0.418 e.